The lowest BCUT2D eigenvalue weighted by Crippen LogP contribution is -2.12. The minimum Gasteiger partial charge on any atom is -0.393 e. The summed E-state index contributed by atoms with van der Waals surface area (Å²) in [5.41, 5.74) is 2.13. The molecule has 1 atom stereocenters. The van der Waals surface area contributed by atoms with Gasteiger partial charge in [0.15, 0.2) is 0 Å². The van der Waals surface area contributed by atoms with Gasteiger partial charge >= 0.3 is 0 Å². The minimum absolute atomic E-state index is 0.406. The lowest BCUT2D eigenvalue weighted by atomic mass is 10.0. The van der Waals surface area contributed by atoms with Gasteiger partial charge in [0.2, 0.25) is 0 Å². The van der Waals surface area contributed by atoms with Crippen molar-refractivity contribution in [3.8, 4) is 0 Å². The normalized spacial score (nSPS) is 12.4. The van der Waals surface area contributed by atoms with Crippen LogP contribution >= 0.6 is 23.2 Å². The van der Waals surface area contributed by atoms with E-state index in [1.54, 1.807) is 6.07 Å². The van der Waals surface area contributed by atoms with Crippen LogP contribution < -0.4 is 0 Å². The van der Waals surface area contributed by atoms with Crippen LogP contribution in [0.15, 0.2) is 48.5 Å². The molecule has 1 nitrogen and oxygen atoms in total. The highest BCUT2D eigenvalue weighted by atomic mass is 35.5. The van der Waals surface area contributed by atoms with Crippen molar-refractivity contribution in [1.29, 1.82) is 0 Å². The molecule has 0 aliphatic carbocycles. The number of aliphatic hydroxyl groups excluding tert-OH is 1. The average Bonchev–Trinajstić information content (AvgIpc) is 2.43. The molecule has 2 aromatic carbocycles. The highest BCUT2D eigenvalue weighted by molar-refractivity contribution is 6.42. The third-order valence-electron chi connectivity index (χ3n) is 3.10. The van der Waals surface area contributed by atoms with Crippen LogP contribution in [-0.4, -0.2) is 11.2 Å². The third kappa shape index (κ3) is 4.24. The van der Waals surface area contributed by atoms with E-state index in [-0.39, 0.29) is 0 Å². The van der Waals surface area contributed by atoms with E-state index >= 15 is 0 Å². The molecule has 0 aliphatic heterocycles. The Morgan fingerprint density at radius 2 is 1.68 bits per heavy atom. The van der Waals surface area contributed by atoms with Crippen molar-refractivity contribution in [2.45, 2.75) is 25.4 Å². The maximum atomic E-state index is 10.1. The quantitative estimate of drug-likeness (QED) is 0.859. The first kappa shape index (κ1) is 14.4. The fraction of sp³-hybridized carbons (Fsp3) is 0.250. The van der Waals surface area contributed by atoms with Crippen LogP contribution in [0.25, 0.3) is 0 Å². The van der Waals surface area contributed by atoms with Crippen molar-refractivity contribution in [3.63, 3.8) is 0 Å². The molecule has 0 amide bonds. The van der Waals surface area contributed by atoms with Gasteiger partial charge in [-0.3, -0.25) is 0 Å². The van der Waals surface area contributed by atoms with Crippen molar-refractivity contribution in [2.75, 3.05) is 0 Å². The molecule has 0 aromatic heterocycles. The molecule has 0 spiro atoms. The van der Waals surface area contributed by atoms with E-state index < -0.39 is 6.10 Å². The SMILES string of the molecule is OC(CCc1ccccc1)Cc1cccc(Cl)c1Cl. The molecule has 2 rings (SSSR count). The summed E-state index contributed by atoms with van der Waals surface area (Å²) >= 11 is 12.1. The Morgan fingerprint density at radius 1 is 0.947 bits per heavy atom. The molecule has 0 aliphatic rings. The lowest BCUT2D eigenvalue weighted by molar-refractivity contribution is 0.165. The Bertz CT molecular complexity index is 526. The second kappa shape index (κ2) is 6.95. The average molecular weight is 295 g/mol. The van der Waals surface area contributed by atoms with E-state index in [9.17, 15) is 5.11 Å². The van der Waals surface area contributed by atoms with Crippen LogP contribution in [0.2, 0.25) is 10.0 Å². The summed E-state index contributed by atoms with van der Waals surface area (Å²) in [5.74, 6) is 0. The first-order valence-corrected chi connectivity index (χ1v) is 7.07. The lowest BCUT2D eigenvalue weighted by Gasteiger charge is -2.12. The predicted octanol–water partition coefficient (Wildman–Crippen LogP) is 4.53. The first-order valence-electron chi connectivity index (χ1n) is 6.31. The summed E-state index contributed by atoms with van der Waals surface area (Å²) in [6.07, 6.45) is 1.70. The Labute approximate surface area is 123 Å². The van der Waals surface area contributed by atoms with Crippen molar-refractivity contribution in [1.82, 2.24) is 0 Å². The van der Waals surface area contributed by atoms with Crippen LogP contribution in [0, 0.1) is 0 Å². The molecule has 0 fully saturated rings. The number of rotatable bonds is 5. The monoisotopic (exact) mass is 294 g/mol. The van der Waals surface area contributed by atoms with Gasteiger partial charge in [0, 0.05) is 0 Å². The molecule has 2 aromatic rings. The van der Waals surface area contributed by atoms with E-state index in [1.807, 2.05) is 30.3 Å². The molecule has 1 N–H and O–H groups in total. The number of benzene rings is 2. The summed E-state index contributed by atoms with van der Waals surface area (Å²) in [7, 11) is 0. The zero-order valence-electron chi connectivity index (χ0n) is 10.5. The molecule has 100 valence electrons. The van der Waals surface area contributed by atoms with Gasteiger partial charge in [0.25, 0.3) is 0 Å². The second-order valence-corrected chi connectivity index (χ2v) is 5.38. The Balaban J connectivity index is 1.91. The van der Waals surface area contributed by atoms with Crippen LogP contribution in [0.3, 0.4) is 0 Å². The molecular formula is C16H16Cl2O. The van der Waals surface area contributed by atoms with Gasteiger partial charge in [-0.05, 0) is 36.5 Å². The topological polar surface area (TPSA) is 20.2 Å². The van der Waals surface area contributed by atoms with Gasteiger partial charge in [-0.2, -0.15) is 0 Å². The van der Waals surface area contributed by atoms with Crippen molar-refractivity contribution < 1.29 is 5.11 Å². The number of hydrogen-bond acceptors (Lipinski definition) is 1. The number of halogens is 2. The fourth-order valence-corrected chi connectivity index (χ4v) is 2.44. The van der Waals surface area contributed by atoms with Gasteiger partial charge in [0.1, 0.15) is 0 Å². The van der Waals surface area contributed by atoms with E-state index in [4.69, 9.17) is 23.2 Å². The largest absolute Gasteiger partial charge is 0.393 e. The summed E-state index contributed by atoms with van der Waals surface area (Å²) < 4.78 is 0. The van der Waals surface area contributed by atoms with E-state index in [0.717, 1.165) is 12.0 Å². The van der Waals surface area contributed by atoms with Crippen molar-refractivity contribution in [2.24, 2.45) is 0 Å². The summed E-state index contributed by atoms with van der Waals surface area (Å²) in [6, 6.07) is 15.7. The maximum absolute atomic E-state index is 10.1. The zero-order chi connectivity index (χ0) is 13.7. The summed E-state index contributed by atoms with van der Waals surface area (Å²) in [5, 5.41) is 11.2. The molecular weight excluding hydrogens is 279 g/mol. The van der Waals surface area contributed by atoms with E-state index in [2.05, 4.69) is 12.1 Å². The molecule has 0 radical (unpaired) electrons. The molecule has 0 saturated heterocycles. The Hall–Kier alpha value is -1.02. The summed E-state index contributed by atoms with van der Waals surface area (Å²) in [4.78, 5) is 0. The number of hydrogen-bond donors (Lipinski definition) is 1. The fourth-order valence-electron chi connectivity index (χ4n) is 2.04. The predicted molar refractivity (Wildman–Crippen MR) is 80.9 cm³/mol. The molecule has 0 heterocycles. The van der Waals surface area contributed by atoms with Gasteiger partial charge in [-0.15, -0.1) is 0 Å². The molecule has 19 heavy (non-hydrogen) atoms. The highest BCUT2D eigenvalue weighted by Gasteiger charge is 2.10. The van der Waals surface area contributed by atoms with Gasteiger partial charge in [0.05, 0.1) is 16.1 Å². The number of aliphatic hydroxyl groups is 1. The van der Waals surface area contributed by atoms with E-state index in [0.29, 0.717) is 22.9 Å². The first-order chi connectivity index (χ1) is 9.16. The van der Waals surface area contributed by atoms with Crippen LogP contribution in [-0.2, 0) is 12.8 Å². The van der Waals surface area contributed by atoms with Gasteiger partial charge < -0.3 is 5.11 Å². The Morgan fingerprint density at radius 3 is 2.42 bits per heavy atom. The van der Waals surface area contributed by atoms with Gasteiger partial charge in [-0.1, -0.05) is 65.7 Å². The Kier molecular flexibility index (Phi) is 5.26. The molecule has 0 saturated carbocycles. The maximum Gasteiger partial charge on any atom is 0.0625 e. The van der Waals surface area contributed by atoms with Crippen LogP contribution in [0.4, 0.5) is 0 Å². The standard InChI is InChI=1S/C16H16Cl2O/c17-15-8-4-7-13(16(15)18)11-14(19)10-9-12-5-2-1-3-6-12/h1-8,14,19H,9-11H2. The molecule has 1 unspecified atom stereocenters. The second-order valence-electron chi connectivity index (χ2n) is 4.60. The zero-order valence-corrected chi connectivity index (χ0v) is 12.0. The van der Waals surface area contributed by atoms with Crippen LogP contribution in [0.1, 0.15) is 17.5 Å². The smallest absolute Gasteiger partial charge is 0.0625 e. The minimum atomic E-state index is -0.406. The van der Waals surface area contributed by atoms with Crippen molar-refractivity contribution in [3.05, 3.63) is 69.7 Å². The highest BCUT2D eigenvalue weighted by Crippen LogP contribution is 2.26. The molecule has 3 heteroatoms. The van der Waals surface area contributed by atoms with Crippen LogP contribution in [0.5, 0.6) is 0 Å². The third-order valence-corrected chi connectivity index (χ3v) is 3.95. The van der Waals surface area contributed by atoms with Crippen molar-refractivity contribution >= 4 is 23.2 Å². The molecule has 0 bridgehead atoms. The number of aryl methyl sites for hydroxylation is 1. The van der Waals surface area contributed by atoms with E-state index in [1.165, 1.54) is 5.56 Å². The van der Waals surface area contributed by atoms with Gasteiger partial charge in [-0.25, -0.2) is 0 Å². The summed E-state index contributed by atoms with van der Waals surface area (Å²) in [6.45, 7) is 0.